The van der Waals surface area contributed by atoms with Crippen molar-refractivity contribution in [2.75, 3.05) is 19.7 Å². The standard InChI is InChI=1S/C14H29NO2/c1-12(2)7-10-15(13(3)17)9-6-8-14(4,5)11-16/h12,16H,6-11H2,1-5H3. The number of nitrogens with zero attached hydrogens (tertiary/aromatic N) is 1. The summed E-state index contributed by atoms with van der Waals surface area (Å²) in [6, 6.07) is 0. The van der Waals surface area contributed by atoms with E-state index in [4.69, 9.17) is 5.11 Å². The van der Waals surface area contributed by atoms with E-state index in [0.29, 0.717) is 5.92 Å². The predicted molar refractivity (Wildman–Crippen MR) is 71.8 cm³/mol. The molecule has 0 rings (SSSR count). The summed E-state index contributed by atoms with van der Waals surface area (Å²) in [5, 5.41) is 9.16. The molecule has 0 spiro atoms. The molecular formula is C14H29NO2. The molecule has 0 heterocycles. The first-order valence-corrected chi connectivity index (χ1v) is 6.65. The zero-order valence-electron chi connectivity index (χ0n) is 12.1. The highest BCUT2D eigenvalue weighted by atomic mass is 16.3. The van der Waals surface area contributed by atoms with Crippen LogP contribution in [0.1, 0.15) is 53.9 Å². The summed E-state index contributed by atoms with van der Waals surface area (Å²) in [5.74, 6) is 0.790. The summed E-state index contributed by atoms with van der Waals surface area (Å²) >= 11 is 0. The molecule has 0 aliphatic heterocycles. The van der Waals surface area contributed by atoms with Crippen LogP contribution in [0.5, 0.6) is 0 Å². The molecule has 17 heavy (non-hydrogen) atoms. The van der Waals surface area contributed by atoms with Crippen molar-refractivity contribution in [3.8, 4) is 0 Å². The van der Waals surface area contributed by atoms with Gasteiger partial charge in [-0.1, -0.05) is 27.7 Å². The maximum Gasteiger partial charge on any atom is 0.219 e. The number of carbonyl (C=O) groups is 1. The van der Waals surface area contributed by atoms with Crippen LogP contribution in [-0.4, -0.2) is 35.6 Å². The molecule has 1 amide bonds. The van der Waals surface area contributed by atoms with Gasteiger partial charge in [-0.05, 0) is 30.6 Å². The van der Waals surface area contributed by atoms with Gasteiger partial charge in [-0.2, -0.15) is 0 Å². The van der Waals surface area contributed by atoms with Crippen molar-refractivity contribution < 1.29 is 9.90 Å². The van der Waals surface area contributed by atoms with E-state index in [-0.39, 0.29) is 17.9 Å². The van der Waals surface area contributed by atoms with Crippen molar-refractivity contribution in [2.45, 2.75) is 53.9 Å². The van der Waals surface area contributed by atoms with Crippen LogP contribution in [0.4, 0.5) is 0 Å². The van der Waals surface area contributed by atoms with Crippen LogP contribution in [0.2, 0.25) is 0 Å². The summed E-state index contributed by atoms with van der Waals surface area (Å²) in [4.78, 5) is 13.4. The van der Waals surface area contributed by atoms with E-state index < -0.39 is 0 Å². The van der Waals surface area contributed by atoms with E-state index in [1.165, 1.54) is 0 Å². The minimum absolute atomic E-state index is 0.0273. The molecule has 0 aromatic carbocycles. The highest BCUT2D eigenvalue weighted by molar-refractivity contribution is 5.73. The lowest BCUT2D eigenvalue weighted by Crippen LogP contribution is -2.32. The molecule has 0 aromatic heterocycles. The van der Waals surface area contributed by atoms with E-state index >= 15 is 0 Å². The zero-order valence-corrected chi connectivity index (χ0v) is 12.1. The number of carbonyl (C=O) groups excluding carboxylic acids is 1. The minimum atomic E-state index is -0.0273. The Hall–Kier alpha value is -0.570. The van der Waals surface area contributed by atoms with Crippen LogP contribution in [0.3, 0.4) is 0 Å². The molecule has 0 bridgehead atoms. The van der Waals surface area contributed by atoms with E-state index in [1.54, 1.807) is 6.92 Å². The van der Waals surface area contributed by atoms with E-state index in [2.05, 4.69) is 27.7 Å². The minimum Gasteiger partial charge on any atom is -0.396 e. The van der Waals surface area contributed by atoms with Crippen LogP contribution in [0.15, 0.2) is 0 Å². The van der Waals surface area contributed by atoms with Crippen molar-refractivity contribution in [2.24, 2.45) is 11.3 Å². The van der Waals surface area contributed by atoms with Gasteiger partial charge in [-0.15, -0.1) is 0 Å². The quantitative estimate of drug-likeness (QED) is 0.712. The van der Waals surface area contributed by atoms with Gasteiger partial charge in [0.1, 0.15) is 0 Å². The Morgan fingerprint density at radius 1 is 1.29 bits per heavy atom. The fourth-order valence-corrected chi connectivity index (χ4v) is 1.67. The van der Waals surface area contributed by atoms with Crippen LogP contribution in [0.25, 0.3) is 0 Å². The van der Waals surface area contributed by atoms with Gasteiger partial charge < -0.3 is 10.0 Å². The molecule has 102 valence electrons. The smallest absolute Gasteiger partial charge is 0.219 e. The molecule has 1 N–H and O–H groups in total. The van der Waals surface area contributed by atoms with Gasteiger partial charge in [0.2, 0.25) is 5.91 Å². The van der Waals surface area contributed by atoms with Crippen LogP contribution < -0.4 is 0 Å². The summed E-state index contributed by atoms with van der Waals surface area (Å²) < 4.78 is 0. The van der Waals surface area contributed by atoms with Gasteiger partial charge in [0, 0.05) is 26.6 Å². The number of hydrogen-bond donors (Lipinski definition) is 1. The zero-order chi connectivity index (χ0) is 13.5. The fraction of sp³-hybridized carbons (Fsp3) is 0.929. The maximum atomic E-state index is 11.5. The van der Waals surface area contributed by atoms with E-state index in [0.717, 1.165) is 32.4 Å². The average molecular weight is 243 g/mol. The normalized spacial score (nSPS) is 11.9. The first kappa shape index (κ1) is 16.4. The topological polar surface area (TPSA) is 40.5 Å². The Morgan fingerprint density at radius 3 is 2.29 bits per heavy atom. The van der Waals surface area contributed by atoms with E-state index in [1.807, 2.05) is 4.90 Å². The van der Waals surface area contributed by atoms with Crippen molar-refractivity contribution >= 4 is 5.91 Å². The first-order chi connectivity index (χ1) is 7.78. The predicted octanol–water partition coefficient (Wildman–Crippen LogP) is 2.68. The Labute approximate surface area is 106 Å². The summed E-state index contributed by atoms with van der Waals surface area (Å²) in [6.45, 7) is 12.0. The Kier molecular flexibility index (Phi) is 7.44. The molecule has 0 saturated heterocycles. The fourth-order valence-electron chi connectivity index (χ4n) is 1.67. The van der Waals surface area contributed by atoms with Gasteiger partial charge in [-0.25, -0.2) is 0 Å². The van der Waals surface area contributed by atoms with Gasteiger partial charge in [-0.3, -0.25) is 4.79 Å². The largest absolute Gasteiger partial charge is 0.396 e. The molecular weight excluding hydrogens is 214 g/mol. The highest BCUT2D eigenvalue weighted by Crippen LogP contribution is 2.21. The number of aliphatic hydroxyl groups excluding tert-OH is 1. The van der Waals surface area contributed by atoms with Crippen LogP contribution in [0, 0.1) is 11.3 Å². The second kappa shape index (κ2) is 7.70. The van der Waals surface area contributed by atoms with Crippen LogP contribution in [-0.2, 0) is 4.79 Å². The van der Waals surface area contributed by atoms with Gasteiger partial charge in [0.25, 0.3) is 0 Å². The first-order valence-electron chi connectivity index (χ1n) is 6.65. The lowest BCUT2D eigenvalue weighted by molar-refractivity contribution is -0.129. The third kappa shape index (κ3) is 8.19. The monoisotopic (exact) mass is 243 g/mol. The molecule has 3 nitrogen and oxygen atoms in total. The summed E-state index contributed by atoms with van der Waals surface area (Å²) in [6.07, 6.45) is 2.98. The van der Waals surface area contributed by atoms with E-state index in [9.17, 15) is 4.79 Å². The lowest BCUT2D eigenvalue weighted by atomic mass is 9.89. The Balaban J connectivity index is 3.98. The molecule has 0 saturated carbocycles. The Morgan fingerprint density at radius 2 is 1.88 bits per heavy atom. The van der Waals surface area contributed by atoms with Gasteiger partial charge in [0.15, 0.2) is 0 Å². The molecule has 0 atom stereocenters. The number of amides is 1. The Bertz CT molecular complexity index is 224. The third-order valence-electron chi connectivity index (χ3n) is 3.13. The molecule has 0 radical (unpaired) electrons. The van der Waals surface area contributed by atoms with Gasteiger partial charge in [0.05, 0.1) is 0 Å². The number of rotatable bonds is 8. The second-order valence-corrected chi connectivity index (χ2v) is 6.11. The molecule has 0 unspecified atom stereocenters. The summed E-state index contributed by atoms with van der Waals surface area (Å²) in [7, 11) is 0. The average Bonchev–Trinajstić information content (AvgIpc) is 2.22. The lowest BCUT2D eigenvalue weighted by Gasteiger charge is -2.25. The summed E-state index contributed by atoms with van der Waals surface area (Å²) in [5.41, 5.74) is -0.0273. The van der Waals surface area contributed by atoms with Crippen molar-refractivity contribution in [1.29, 1.82) is 0 Å². The molecule has 0 aliphatic carbocycles. The third-order valence-corrected chi connectivity index (χ3v) is 3.13. The van der Waals surface area contributed by atoms with Gasteiger partial charge >= 0.3 is 0 Å². The highest BCUT2D eigenvalue weighted by Gasteiger charge is 2.17. The molecule has 3 heteroatoms. The molecule has 0 aromatic rings. The maximum absolute atomic E-state index is 11.5. The molecule has 0 aliphatic rings. The van der Waals surface area contributed by atoms with Crippen molar-refractivity contribution in [3.05, 3.63) is 0 Å². The number of hydrogen-bond acceptors (Lipinski definition) is 2. The number of aliphatic hydroxyl groups is 1. The van der Waals surface area contributed by atoms with Crippen LogP contribution >= 0.6 is 0 Å². The van der Waals surface area contributed by atoms with Crippen molar-refractivity contribution in [3.63, 3.8) is 0 Å². The SMILES string of the molecule is CC(=O)N(CCCC(C)(C)CO)CCC(C)C. The van der Waals surface area contributed by atoms with Crippen molar-refractivity contribution in [1.82, 2.24) is 4.90 Å². The molecule has 0 fully saturated rings. The second-order valence-electron chi connectivity index (χ2n) is 6.11.